The van der Waals surface area contributed by atoms with Crippen LogP contribution in [0.25, 0.3) is 0 Å². The van der Waals surface area contributed by atoms with Gasteiger partial charge in [0.05, 0.1) is 6.42 Å². The first kappa shape index (κ1) is 15.9. The zero-order valence-electron chi connectivity index (χ0n) is 11.8. The number of esters is 1. The van der Waals surface area contributed by atoms with Gasteiger partial charge in [-0.1, -0.05) is 0 Å². The maximum Gasteiger partial charge on any atom is 0.339 e. The molecule has 3 N–H and O–H groups in total. The molecule has 0 saturated carbocycles. The van der Waals surface area contributed by atoms with Gasteiger partial charge in [0.2, 0.25) is 0 Å². The van der Waals surface area contributed by atoms with E-state index in [1.54, 1.807) is 20.8 Å². The fourth-order valence-corrected chi connectivity index (χ4v) is 1.50. The topological polar surface area (TPSA) is 106 Å². The Morgan fingerprint density at radius 3 is 2.65 bits per heavy atom. The zero-order chi connectivity index (χ0) is 15.3. The van der Waals surface area contributed by atoms with Crippen molar-refractivity contribution in [2.45, 2.75) is 32.8 Å². The quantitative estimate of drug-likeness (QED) is 0.474. The SMILES string of the molecule is CC(C)(C)OC(=O)CCN(N)c1ncccc1C(=O)O. The first-order valence-corrected chi connectivity index (χ1v) is 6.13. The van der Waals surface area contributed by atoms with Crippen LogP contribution in [0.1, 0.15) is 37.6 Å². The maximum absolute atomic E-state index is 11.6. The van der Waals surface area contributed by atoms with Crippen LogP contribution in [-0.2, 0) is 9.53 Å². The van der Waals surface area contributed by atoms with Crippen molar-refractivity contribution >= 4 is 17.8 Å². The molecule has 7 heteroatoms. The standard InChI is InChI=1S/C13H19N3O4/c1-13(2,3)20-10(17)6-8-16(14)11-9(12(18)19)5-4-7-15-11/h4-5,7H,6,8,14H2,1-3H3,(H,18,19). The summed E-state index contributed by atoms with van der Waals surface area (Å²) in [6.45, 7) is 5.43. The Morgan fingerprint density at radius 2 is 2.10 bits per heavy atom. The van der Waals surface area contributed by atoms with E-state index in [-0.39, 0.29) is 24.3 Å². The van der Waals surface area contributed by atoms with Crippen LogP contribution in [0.4, 0.5) is 5.82 Å². The van der Waals surface area contributed by atoms with Crippen molar-refractivity contribution in [1.82, 2.24) is 4.98 Å². The molecule has 20 heavy (non-hydrogen) atoms. The number of aromatic nitrogens is 1. The molecule has 0 aliphatic rings. The highest BCUT2D eigenvalue weighted by Gasteiger charge is 2.19. The molecule has 0 amide bonds. The molecule has 0 atom stereocenters. The van der Waals surface area contributed by atoms with E-state index in [2.05, 4.69) is 4.98 Å². The Morgan fingerprint density at radius 1 is 1.45 bits per heavy atom. The van der Waals surface area contributed by atoms with E-state index < -0.39 is 17.5 Å². The number of aromatic carboxylic acids is 1. The van der Waals surface area contributed by atoms with Crippen LogP contribution in [0.2, 0.25) is 0 Å². The number of hydrazine groups is 1. The molecule has 1 aromatic heterocycles. The minimum absolute atomic E-state index is 0.0146. The lowest BCUT2D eigenvalue weighted by atomic mass is 10.2. The van der Waals surface area contributed by atoms with Crippen LogP contribution in [-0.4, -0.2) is 34.2 Å². The van der Waals surface area contributed by atoms with Crippen LogP contribution < -0.4 is 10.9 Å². The molecule has 1 rings (SSSR count). The molecule has 0 bridgehead atoms. The van der Waals surface area contributed by atoms with Crippen LogP contribution in [0.3, 0.4) is 0 Å². The molecule has 0 spiro atoms. The summed E-state index contributed by atoms with van der Waals surface area (Å²) >= 11 is 0. The van der Waals surface area contributed by atoms with E-state index >= 15 is 0 Å². The molecule has 1 heterocycles. The summed E-state index contributed by atoms with van der Waals surface area (Å²) in [4.78, 5) is 26.5. The van der Waals surface area contributed by atoms with Gasteiger partial charge in [-0.2, -0.15) is 0 Å². The van der Waals surface area contributed by atoms with Crippen LogP contribution in [0, 0.1) is 0 Å². The van der Waals surface area contributed by atoms with E-state index in [0.29, 0.717) is 0 Å². The minimum Gasteiger partial charge on any atom is -0.478 e. The highest BCUT2D eigenvalue weighted by atomic mass is 16.6. The van der Waals surface area contributed by atoms with E-state index in [1.165, 1.54) is 18.3 Å². The molecular weight excluding hydrogens is 262 g/mol. The number of nitrogens with zero attached hydrogens (tertiary/aromatic N) is 2. The monoisotopic (exact) mass is 281 g/mol. The summed E-state index contributed by atoms with van der Waals surface area (Å²) < 4.78 is 5.14. The Balaban J connectivity index is 2.66. The number of pyridine rings is 1. The summed E-state index contributed by atoms with van der Waals surface area (Å²) in [5.41, 5.74) is -0.576. The number of carbonyl (C=O) groups is 2. The second-order valence-corrected chi connectivity index (χ2v) is 5.21. The average molecular weight is 281 g/mol. The summed E-state index contributed by atoms with van der Waals surface area (Å²) in [7, 11) is 0. The first-order chi connectivity index (χ1) is 9.20. The zero-order valence-corrected chi connectivity index (χ0v) is 11.8. The third-order valence-electron chi connectivity index (χ3n) is 2.27. The number of carboxylic acids is 1. The number of anilines is 1. The lowest BCUT2D eigenvalue weighted by Crippen LogP contribution is -2.36. The number of hydrogen-bond donors (Lipinski definition) is 2. The Bertz CT molecular complexity index is 497. The van der Waals surface area contributed by atoms with Crippen LogP contribution in [0.5, 0.6) is 0 Å². The molecule has 0 fully saturated rings. The van der Waals surface area contributed by atoms with Crippen molar-refractivity contribution in [2.24, 2.45) is 5.84 Å². The lowest BCUT2D eigenvalue weighted by molar-refractivity contribution is -0.154. The molecule has 1 aromatic rings. The van der Waals surface area contributed by atoms with E-state index in [4.69, 9.17) is 15.7 Å². The molecule has 0 unspecified atom stereocenters. The Labute approximate surface area is 117 Å². The van der Waals surface area contributed by atoms with Gasteiger partial charge in [0.15, 0.2) is 5.82 Å². The van der Waals surface area contributed by atoms with Gasteiger partial charge in [-0.25, -0.2) is 15.6 Å². The summed E-state index contributed by atoms with van der Waals surface area (Å²) in [5, 5.41) is 10.2. The second-order valence-electron chi connectivity index (χ2n) is 5.21. The van der Waals surface area contributed by atoms with Gasteiger partial charge in [0.25, 0.3) is 0 Å². The normalized spacial score (nSPS) is 11.0. The Hall–Kier alpha value is -2.15. The predicted molar refractivity (Wildman–Crippen MR) is 73.2 cm³/mol. The van der Waals surface area contributed by atoms with E-state index in [1.807, 2.05) is 0 Å². The predicted octanol–water partition coefficient (Wildman–Crippen LogP) is 1.19. The fraction of sp³-hybridized carbons (Fsp3) is 0.462. The number of ether oxygens (including phenoxy) is 1. The van der Waals surface area contributed by atoms with Crippen molar-refractivity contribution in [3.8, 4) is 0 Å². The number of hydrogen-bond acceptors (Lipinski definition) is 6. The van der Waals surface area contributed by atoms with Gasteiger partial charge in [-0.05, 0) is 32.9 Å². The highest BCUT2D eigenvalue weighted by Crippen LogP contribution is 2.15. The average Bonchev–Trinajstić information content (AvgIpc) is 2.33. The van der Waals surface area contributed by atoms with E-state index in [9.17, 15) is 9.59 Å². The summed E-state index contributed by atoms with van der Waals surface area (Å²) in [6.07, 6.45) is 1.48. The number of carboxylic acid groups (broad SMARTS) is 1. The van der Waals surface area contributed by atoms with Gasteiger partial charge in [0.1, 0.15) is 11.2 Å². The second kappa shape index (κ2) is 6.33. The maximum atomic E-state index is 11.6. The molecule has 0 aliphatic carbocycles. The molecule has 0 saturated heterocycles. The van der Waals surface area contributed by atoms with Crippen molar-refractivity contribution in [1.29, 1.82) is 0 Å². The van der Waals surface area contributed by atoms with Crippen molar-refractivity contribution < 1.29 is 19.4 Å². The fourth-order valence-electron chi connectivity index (χ4n) is 1.50. The number of carbonyl (C=O) groups excluding carboxylic acids is 1. The van der Waals surface area contributed by atoms with E-state index in [0.717, 1.165) is 5.01 Å². The van der Waals surface area contributed by atoms with Gasteiger partial charge in [0, 0.05) is 12.7 Å². The number of rotatable bonds is 5. The van der Waals surface area contributed by atoms with Gasteiger partial charge >= 0.3 is 11.9 Å². The van der Waals surface area contributed by atoms with Crippen LogP contribution >= 0.6 is 0 Å². The van der Waals surface area contributed by atoms with Crippen LogP contribution in [0.15, 0.2) is 18.3 Å². The molecule has 110 valence electrons. The van der Waals surface area contributed by atoms with Gasteiger partial charge in [-0.15, -0.1) is 0 Å². The summed E-state index contributed by atoms with van der Waals surface area (Å²) in [6, 6.07) is 2.91. The molecule has 7 nitrogen and oxygen atoms in total. The van der Waals surface area contributed by atoms with Crippen molar-refractivity contribution in [3.63, 3.8) is 0 Å². The first-order valence-electron chi connectivity index (χ1n) is 6.13. The molecular formula is C13H19N3O4. The minimum atomic E-state index is -1.12. The lowest BCUT2D eigenvalue weighted by Gasteiger charge is -2.22. The Kier molecular flexibility index (Phi) is 5.04. The third-order valence-corrected chi connectivity index (χ3v) is 2.27. The third kappa shape index (κ3) is 4.85. The smallest absolute Gasteiger partial charge is 0.339 e. The van der Waals surface area contributed by atoms with Crippen molar-refractivity contribution in [2.75, 3.05) is 11.6 Å². The van der Waals surface area contributed by atoms with Gasteiger partial charge in [-0.3, -0.25) is 9.80 Å². The van der Waals surface area contributed by atoms with Gasteiger partial charge < -0.3 is 9.84 Å². The molecule has 0 aromatic carbocycles. The molecule has 0 aliphatic heterocycles. The highest BCUT2D eigenvalue weighted by molar-refractivity contribution is 5.93. The number of nitrogens with two attached hydrogens (primary N) is 1. The molecule has 0 radical (unpaired) electrons. The largest absolute Gasteiger partial charge is 0.478 e. The van der Waals surface area contributed by atoms with Crippen molar-refractivity contribution in [3.05, 3.63) is 23.9 Å². The summed E-state index contributed by atoms with van der Waals surface area (Å²) in [5.74, 6) is 4.33.